The number of esters is 1. The van der Waals surface area contributed by atoms with Gasteiger partial charge in [-0.25, -0.2) is 4.79 Å². The van der Waals surface area contributed by atoms with E-state index in [9.17, 15) is 35.9 Å². The van der Waals surface area contributed by atoms with Crippen molar-refractivity contribution in [3.63, 3.8) is 0 Å². The van der Waals surface area contributed by atoms with Gasteiger partial charge in [-0.15, -0.1) is 11.3 Å². The van der Waals surface area contributed by atoms with Gasteiger partial charge in [-0.2, -0.15) is 26.3 Å². The van der Waals surface area contributed by atoms with Crippen molar-refractivity contribution in [3.05, 3.63) is 50.9 Å². The van der Waals surface area contributed by atoms with E-state index in [4.69, 9.17) is 4.74 Å². The SMILES string of the molecule is CCOC(=O)c1c(NC(=O)c2cc(C(F)(F)F)cc(C(F)(F)F)c2)sc2c1CCC(C(C)(C)C)C2. The molecule has 0 aliphatic heterocycles. The fourth-order valence-corrected chi connectivity index (χ4v) is 5.40. The Bertz CT molecular complexity index is 1100. The second kappa shape index (κ2) is 9.48. The van der Waals surface area contributed by atoms with Crippen LogP contribution in [0.2, 0.25) is 0 Å². The molecule has 1 amide bonds. The Morgan fingerprint density at radius 3 is 2.09 bits per heavy atom. The Balaban J connectivity index is 2.03. The number of fused-ring (bicyclic) bond motifs is 1. The van der Waals surface area contributed by atoms with E-state index >= 15 is 0 Å². The number of nitrogens with one attached hydrogen (secondary N) is 1. The third-order valence-corrected chi connectivity index (χ3v) is 7.22. The summed E-state index contributed by atoms with van der Waals surface area (Å²) in [6.45, 7) is 7.95. The van der Waals surface area contributed by atoms with Gasteiger partial charge in [0.05, 0.1) is 23.3 Å². The number of carbonyl (C=O) groups is 2. The monoisotopic (exact) mass is 521 g/mol. The zero-order valence-electron chi connectivity index (χ0n) is 19.5. The molecule has 192 valence electrons. The molecule has 0 saturated carbocycles. The maximum absolute atomic E-state index is 13.2. The minimum Gasteiger partial charge on any atom is -0.462 e. The molecule has 1 unspecified atom stereocenters. The van der Waals surface area contributed by atoms with Gasteiger partial charge in [0.25, 0.3) is 5.91 Å². The van der Waals surface area contributed by atoms with Gasteiger partial charge in [-0.05, 0) is 61.3 Å². The number of carbonyl (C=O) groups excluding carboxylic acids is 2. The fourth-order valence-electron chi connectivity index (χ4n) is 4.09. The summed E-state index contributed by atoms with van der Waals surface area (Å²) in [4.78, 5) is 26.4. The van der Waals surface area contributed by atoms with Crippen LogP contribution in [0, 0.1) is 11.3 Å². The second-order valence-corrected chi connectivity index (χ2v) is 10.6. The number of benzene rings is 1. The van der Waals surface area contributed by atoms with Crippen molar-refractivity contribution in [2.24, 2.45) is 11.3 Å². The Labute approximate surface area is 202 Å². The largest absolute Gasteiger partial charge is 0.462 e. The van der Waals surface area contributed by atoms with Gasteiger partial charge in [0.1, 0.15) is 5.00 Å². The molecule has 1 aromatic carbocycles. The molecule has 0 radical (unpaired) electrons. The molecule has 1 aromatic heterocycles. The Morgan fingerprint density at radius 1 is 1.03 bits per heavy atom. The van der Waals surface area contributed by atoms with Crippen LogP contribution >= 0.6 is 11.3 Å². The molecule has 0 spiro atoms. The number of thiophene rings is 1. The lowest BCUT2D eigenvalue weighted by Gasteiger charge is -2.33. The molecule has 0 fully saturated rings. The Kier molecular flexibility index (Phi) is 7.32. The summed E-state index contributed by atoms with van der Waals surface area (Å²) in [6.07, 6.45) is -8.21. The van der Waals surface area contributed by atoms with E-state index in [1.54, 1.807) is 6.92 Å². The number of alkyl halides is 6. The topological polar surface area (TPSA) is 55.4 Å². The van der Waals surface area contributed by atoms with Crippen molar-refractivity contribution < 1.29 is 40.7 Å². The number of amides is 1. The van der Waals surface area contributed by atoms with Crippen LogP contribution < -0.4 is 5.32 Å². The minimum atomic E-state index is -5.09. The lowest BCUT2D eigenvalue weighted by Crippen LogP contribution is -2.26. The lowest BCUT2D eigenvalue weighted by atomic mass is 9.72. The van der Waals surface area contributed by atoms with Gasteiger partial charge >= 0.3 is 18.3 Å². The Morgan fingerprint density at radius 2 is 1.60 bits per heavy atom. The molecule has 1 atom stereocenters. The van der Waals surface area contributed by atoms with E-state index in [1.165, 1.54) is 0 Å². The number of anilines is 1. The highest BCUT2D eigenvalue weighted by Gasteiger charge is 2.38. The van der Waals surface area contributed by atoms with Crippen LogP contribution in [-0.2, 0) is 29.9 Å². The molecule has 3 rings (SSSR count). The second-order valence-electron chi connectivity index (χ2n) is 9.48. The summed E-state index contributed by atoms with van der Waals surface area (Å²) >= 11 is 1.10. The molecule has 0 bridgehead atoms. The van der Waals surface area contributed by atoms with Gasteiger partial charge in [0.2, 0.25) is 0 Å². The van der Waals surface area contributed by atoms with Crippen molar-refractivity contribution >= 4 is 28.2 Å². The zero-order chi connectivity index (χ0) is 26.3. The molecule has 2 aromatic rings. The third kappa shape index (κ3) is 5.99. The standard InChI is InChI=1S/C24H25F6NO3S/c1-5-34-21(33)18-16-7-6-13(22(2,3)4)11-17(16)35-20(18)31-19(32)12-8-14(23(25,26)27)10-15(9-12)24(28,29)30/h8-10,13H,5-7,11H2,1-4H3,(H,31,32). The minimum absolute atomic E-state index is 0.0127. The predicted octanol–water partition coefficient (Wildman–Crippen LogP) is 7.37. The summed E-state index contributed by atoms with van der Waals surface area (Å²) in [5.74, 6) is -1.59. The summed E-state index contributed by atoms with van der Waals surface area (Å²) in [5, 5.41) is 2.43. The number of rotatable bonds is 4. The van der Waals surface area contributed by atoms with E-state index < -0.39 is 40.9 Å². The molecule has 1 heterocycles. The molecular formula is C24H25F6NO3S. The average molecular weight is 522 g/mol. The van der Waals surface area contributed by atoms with E-state index in [0.717, 1.165) is 22.6 Å². The highest BCUT2D eigenvalue weighted by molar-refractivity contribution is 7.17. The quantitative estimate of drug-likeness (QED) is 0.338. The van der Waals surface area contributed by atoms with Crippen LogP contribution in [0.4, 0.5) is 31.3 Å². The molecule has 0 saturated heterocycles. The summed E-state index contributed by atoms with van der Waals surface area (Å²) < 4.78 is 84.4. The van der Waals surface area contributed by atoms with Crippen LogP contribution in [0.1, 0.15) is 76.4 Å². The van der Waals surface area contributed by atoms with Crippen LogP contribution in [0.5, 0.6) is 0 Å². The van der Waals surface area contributed by atoms with Gasteiger partial charge in [-0.3, -0.25) is 4.79 Å². The van der Waals surface area contributed by atoms with E-state index in [1.807, 2.05) is 0 Å². The van der Waals surface area contributed by atoms with Crippen molar-refractivity contribution in [1.82, 2.24) is 0 Å². The average Bonchev–Trinajstić information content (AvgIpc) is 3.08. The van der Waals surface area contributed by atoms with E-state index in [-0.39, 0.29) is 28.7 Å². The van der Waals surface area contributed by atoms with E-state index in [0.29, 0.717) is 36.5 Å². The smallest absolute Gasteiger partial charge is 0.416 e. The maximum atomic E-state index is 13.2. The highest BCUT2D eigenvalue weighted by atomic mass is 32.1. The van der Waals surface area contributed by atoms with E-state index in [2.05, 4.69) is 26.1 Å². The first-order valence-electron chi connectivity index (χ1n) is 10.9. The predicted molar refractivity (Wildman–Crippen MR) is 120 cm³/mol. The number of halogens is 6. The molecular weight excluding hydrogens is 496 g/mol. The summed E-state index contributed by atoms with van der Waals surface area (Å²) in [5.41, 5.74) is -3.22. The first-order chi connectivity index (χ1) is 16.0. The van der Waals surface area contributed by atoms with Crippen molar-refractivity contribution in [1.29, 1.82) is 0 Å². The Hall–Kier alpha value is -2.56. The van der Waals surface area contributed by atoms with Crippen molar-refractivity contribution in [3.8, 4) is 0 Å². The molecule has 4 nitrogen and oxygen atoms in total. The van der Waals surface area contributed by atoms with Crippen LogP contribution in [-0.4, -0.2) is 18.5 Å². The zero-order valence-corrected chi connectivity index (χ0v) is 20.4. The molecule has 1 aliphatic carbocycles. The first-order valence-corrected chi connectivity index (χ1v) is 11.8. The number of ether oxygens (including phenoxy) is 1. The van der Waals surface area contributed by atoms with Crippen LogP contribution in [0.15, 0.2) is 18.2 Å². The van der Waals surface area contributed by atoms with Gasteiger partial charge < -0.3 is 10.1 Å². The van der Waals surface area contributed by atoms with Crippen LogP contribution in [0.3, 0.4) is 0 Å². The van der Waals surface area contributed by atoms with Gasteiger partial charge in [0.15, 0.2) is 0 Å². The maximum Gasteiger partial charge on any atom is 0.416 e. The number of hydrogen-bond acceptors (Lipinski definition) is 4. The normalized spacial score (nSPS) is 16.6. The molecule has 1 N–H and O–H groups in total. The molecule has 1 aliphatic rings. The van der Waals surface area contributed by atoms with Crippen molar-refractivity contribution in [2.45, 2.75) is 59.3 Å². The highest BCUT2D eigenvalue weighted by Crippen LogP contribution is 2.45. The third-order valence-electron chi connectivity index (χ3n) is 6.05. The molecule has 11 heteroatoms. The van der Waals surface area contributed by atoms with Crippen molar-refractivity contribution in [2.75, 3.05) is 11.9 Å². The fraction of sp³-hybridized carbons (Fsp3) is 0.500. The van der Waals surface area contributed by atoms with Gasteiger partial charge in [-0.1, -0.05) is 20.8 Å². The molecule has 35 heavy (non-hydrogen) atoms. The summed E-state index contributed by atoms with van der Waals surface area (Å²) in [6, 6.07) is 0.673. The van der Waals surface area contributed by atoms with Gasteiger partial charge in [0, 0.05) is 10.4 Å². The summed E-state index contributed by atoms with van der Waals surface area (Å²) in [7, 11) is 0. The number of hydrogen-bond donors (Lipinski definition) is 1. The first kappa shape index (κ1) is 27.0. The lowest BCUT2D eigenvalue weighted by molar-refractivity contribution is -0.143. The van der Waals surface area contributed by atoms with Crippen LogP contribution in [0.25, 0.3) is 0 Å².